The maximum Gasteiger partial charge on any atom is 0.408 e. The molecule has 0 radical (unpaired) electrons. The Balaban J connectivity index is 1.58. The van der Waals surface area contributed by atoms with E-state index in [-0.39, 0.29) is 6.42 Å². The monoisotopic (exact) mass is 598 g/mol. The van der Waals surface area contributed by atoms with Gasteiger partial charge in [0.05, 0.1) is 6.42 Å². The number of piperidine rings is 1. The second kappa shape index (κ2) is 15.0. The summed E-state index contributed by atoms with van der Waals surface area (Å²) in [4.78, 5) is 42.6. The second-order valence-corrected chi connectivity index (χ2v) is 12.6. The Morgan fingerprint density at radius 3 is 1.75 bits per heavy atom. The molecule has 8 nitrogen and oxygen atoms in total. The van der Waals surface area contributed by atoms with Gasteiger partial charge in [0.25, 0.3) is 0 Å². The molecule has 4 rings (SSSR count). The van der Waals surface area contributed by atoms with Gasteiger partial charge in [-0.05, 0) is 82.8 Å². The van der Waals surface area contributed by atoms with Gasteiger partial charge in [0.2, 0.25) is 11.8 Å². The minimum Gasteiger partial charge on any atom is -0.444 e. The highest BCUT2D eigenvalue weighted by molar-refractivity contribution is 5.91. The molecule has 3 N–H and O–H groups in total. The van der Waals surface area contributed by atoms with Gasteiger partial charge in [-0.2, -0.15) is 0 Å². The van der Waals surface area contributed by atoms with Gasteiger partial charge in [-0.3, -0.25) is 9.59 Å². The van der Waals surface area contributed by atoms with E-state index in [0.29, 0.717) is 12.5 Å². The van der Waals surface area contributed by atoms with Crippen molar-refractivity contribution in [1.29, 1.82) is 0 Å². The lowest BCUT2D eigenvalue weighted by molar-refractivity contribution is -0.129. The van der Waals surface area contributed by atoms with Gasteiger partial charge in [-0.25, -0.2) is 4.79 Å². The number of nitrogens with one attached hydrogen (secondary N) is 3. The minimum absolute atomic E-state index is 0.270. The maximum atomic E-state index is 14.0. The fraction of sp³-hybridized carbons (Fsp3) is 0.417. The van der Waals surface area contributed by atoms with Crippen LogP contribution in [0.5, 0.6) is 0 Å². The summed E-state index contributed by atoms with van der Waals surface area (Å²) in [6.45, 7) is 7.84. The average molecular weight is 599 g/mol. The molecule has 1 saturated heterocycles. The molecule has 8 heteroatoms. The minimum atomic E-state index is -1.12. The first-order chi connectivity index (χ1) is 21.1. The van der Waals surface area contributed by atoms with Crippen LogP contribution in [0.1, 0.15) is 63.1 Å². The van der Waals surface area contributed by atoms with Crippen LogP contribution < -0.4 is 16.0 Å². The molecule has 1 atom stereocenters. The third-order valence-electron chi connectivity index (χ3n) is 8.03. The second-order valence-electron chi connectivity index (χ2n) is 12.6. The summed E-state index contributed by atoms with van der Waals surface area (Å²) >= 11 is 0. The van der Waals surface area contributed by atoms with Crippen molar-refractivity contribution in [1.82, 2.24) is 20.9 Å². The molecule has 234 valence electrons. The number of carbonyl (C=O) groups excluding carboxylic acids is 3. The first-order valence-corrected chi connectivity index (χ1v) is 15.5. The van der Waals surface area contributed by atoms with Gasteiger partial charge in [0, 0.05) is 6.54 Å². The van der Waals surface area contributed by atoms with Crippen LogP contribution in [0, 0.1) is 5.92 Å². The number of hydrogen-bond acceptors (Lipinski definition) is 5. The molecule has 1 heterocycles. The number of rotatable bonds is 11. The standard InChI is InChI=1S/C36H46N4O4/c1-35(2,3)44-34(43)38-31(33(42)37-23-20-27-21-24-40(4)25-22-27)26-32(41)39-36(28-14-8-5-9-15-28,29-16-10-6-11-17-29)30-18-12-7-13-19-30/h5-19,27,31H,20-26H2,1-4H3,(H,37,42)(H,38,43)(H,39,41)/t31-/m1/s1. The van der Waals surface area contributed by atoms with E-state index in [1.807, 2.05) is 91.0 Å². The molecule has 0 unspecified atom stereocenters. The summed E-state index contributed by atoms with van der Waals surface area (Å²) < 4.78 is 5.45. The van der Waals surface area contributed by atoms with Crippen molar-refractivity contribution in [2.75, 3.05) is 26.7 Å². The Bertz CT molecular complexity index is 1250. The number of alkyl carbamates (subject to hydrolysis) is 1. The van der Waals surface area contributed by atoms with Crippen molar-refractivity contribution in [3.05, 3.63) is 108 Å². The first kappa shape index (κ1) is 32.7. The lowest BCUT2D eigenvalue weighted by Crippen LogP contribution is -2.53. The van der Waals surface area contributed by atoms with Crippen molar-refractivity contribution >= 4 is 17.9 Å². The highest BCUT2D eigenvalue weighted by atomic mass is 16.6. The number of hydrogen-bond donors (Lipinski definition) is 3. The molecule has 1 aliphatic heterocycles. The van der Waals surface area contributed by atoms with Crippen LogP contribution in [-0.2, 0) is 19.9 Å². The van der Waals surface area contributed by atoms with Gasteiger partial charge >= 0.3 is 6.09 Å². The topological polar surface area (TPSA) is 99.8 Å². The van der Waals surface area contributed by atoms with E-state index in [1.165, 1.54) is 0 Å². The molecule has 3 amide bonds. The van der Waals surface area contributed by atoms with Gasteiger partial charge in [-0.15, -0.1) is 0 Å². The molecule has 1 aliphatic rings. The predicted octanol–water partition coefficient (Wildman–Crippen LogP) is 5.23. The lowest BCUT2D eigenvalue weighted by Gasteiger charge is -2.37. The number of carbonyl (C=O) groups is 3. The Morgan fingerprint density at radius 2 is 1.30 bits per heavy atom. The van der Waals surface area contributed by atoms with Crippen molar-refractivity contribution in [2.24, 2.45) is 5.92 Å². The molecule has 0 bridgehead atoms. The number of benzene rings is 3. The third kappa shape index (κ3) is 8.92. The number of nitrogens with zero attached hydrogens (tertiary/aromatic N) is 1. The predicted molar refractivity (Wildman–Crippen MR) is 173 cm³/mol. The molecule has 0 saturated carbocycles. The van der Waals surface area contributed by atoms with Crippen molar-refractivity contribution in [2.45, 2.75) is 63.6 Å². The Hall–Kier alpha value is -4.17. The van der Waals surface area contributed by atoms with Gasteiger partial charge in [0.1, 0.15) is 17.2 Å². The Kier molecular flexibility index (Phi) is 11.2. The number of amides is 3. The van der Waals surface area contributed by atoms with Gasteiger partial charge < -0.3 is 25.6 Å². The third-order valence-corrected chi connectivity index (χ3v) is 8.03. The molecule has 1 fully saturated rings. The SMILES string of the molecule is CN1CCC(CCNC(=O)[C@@H](CC(=O)NC(c2ccccc2)(c2ccccc2)c2ccccc2)NC(=O)OC(C)(C)C)CC1. The highest BCUT2D eigenvalue weighted by Gasteiger charge is 2.39. The van der Waals surface area contributed by atoms with Crippen LogP contribution in [0.25, 0.3) is 0 Å². The fourth-order valence-electron chi connectivity index (χ4n) is 5.76. The van der Waals surface area contributed by atoms with E-state index in [9.17, 15) is 14.4 Å². The molecule has 0 aromatic heterocycles. The normalized spacial score (nSPS) is 15.2. The van der Waals surface area contributed by atoms with E-state index in [1.54, 1.807) is 20.8 Å². The zero-order valence-electron chi connectivity index (χ0n) is 26.3. The van der Waals surface area contributed by atoms with Crippen molar-refractivity contribution in [3.8, 4) is 0 Å². The zero-order valence-corrected chi connectivity index (χ0v) is 26.3. The summed E-state index contributed by atoms with van der Waals surface area (Å²) in [5, 5.41) is 8.92. The largest absolute Gasteiger partial charge is 0.444 e. The van der Waals surface area contributed by atoms with Crippen LogP contribution in [0.4, 0.5) is 4.79 Å². The number of ether oxygens (including phenoxy) is 1. The first-order valence-electron chi connectivity index (χ1n) is 15.5. The molecular weight excluding hydrogens is 552 g/mol. The van der Waals surface area contributed by atoms with Crippen LogP contribution in [0.15, 0.2) is 91.0 Å². The smallest absolute Gasteiger partial charge is 0.408 e. The summed E-state index contributed by atoms with van der Waals surface area (Å²) in [6, 6.07) is 28.2. The van der Waals surface area contributed by atoms with Crippen LogP contribution in [0.3, 0.4) is 0 Å². The summed E-state index contributed by atoms with van der Waals surface area (Å²) in [6.07, 6.45) is 2.02. The molecule has 0 spiro atoms. The fourth-order valence-corrected chi connectivity index (χ4v) is 5.76. The average Bonchev–Trinajstić information content (AvgIpc) is 3.01. The van der Waals surface area contributed by atoms with Crippen LogP contribution in [0.2, 0.25) is 0 Å². The van der Waals surface area contributed by atoms with Crippen LogP contribution in [-0.4, -0.2) is 61.1 Å². The van der Waals surface area contributed by atoms with Crippen LogP contribution >= 0.6 is 0 Å². The molecule has 44 heavy (non-hydrogen) atoms. The van der Waals surface area contributed by atoms with E-state index in [4.69, 9.17) is 4.74 Å². The molecule has 0 aliphatic carbocycles. The quantitative estimate of drug-likeness (QED) is 0.263. The van der Waals surface area contributed by atoms with E-state index in [0.717, 1.165) is 49.0 Å². The molecule has 3 aromatic carbocycles. The summed E-state index contributed by atoms with van der Waals surface area (Å²) in [5.41, 5.74) is 0.798. The zero-order chi connectivity index (χ0) is 31.6. The van der Waals surface area contributed by atoms with Gasteiger partial charge in [0.15, 0.2) is 0 Å². The highest BCUT2D eigenvalue weighted by Crippen LogP contribution is 2.37. The number of likely N-dealkylation sites (tertiary alicyclic amines) is 1. The maximum absolute atomic E-state index is 14.0. The van der Waals surface area contributed by atoms with E-state index >= 15 is 0 Å². The summed E-state index contributed by atoms with van der Waals surface area (Å²) in [7, 11) is 2.12. The van der Waals surface area contributed by atoms with Gasteiger partial charge in [-0.1, -0.05) is 91.0 Å². The molecular formula is C36H46N4O4. The summed E-state index contributed by atoms with van der Waals surface area (Å²) in [5.74, 6) is -0.271. The van der Waals surface area contributed by atoms with Crippen molar-refractivity contribution in [3.63, 3.8) is 0 Å². The van der Waals surface area contributed by atoms with Crippen molar-refractivity contribution < 1.29 is 19.1 Å². The Morgan fingerprint density at radius 1 is 0.818 bits per heavy atom. The lowest BCUT2D eigenvalue weighted by atomic mass is 9.77. The molecule has 3 aromatic rings. The van der Waals surface area contributed by atoms with E-state index in [2.05, 4.69) is 27.9 Å². The van der Waals surface area contributed by atoms with E-state index < -0.39 is 35.1 Å². The Labute approximate surface area is 261 Å².